The third kappa shape index (κ3) is 5.11. The van der Waals surface area contributed by atoms with E-state index in [1.165, 1.54) is 0 Å². The van der Waals surface area contributed by atoms with Crippen LogP contribution in [0.4, 0.5) is 17.6 Å². The topological polar surface area (TPSA) is 60.4 Å². The molecule has 8 atom stereocenters. The van der Waals surface area contributed by atoms with Crippen LogP contribution in [0.1, 0.15) is 98.3 Å². The van der Waals surface area contributed by atoms with E-state index < -0.39 is 30.8 Å². The first-order valence-electron chi connectivity index (χ1n) is 14.1. The molecule has 0 heterocycles. The first-order valence-corrected chi connectivity index (χ1v) is 14.1. The van der Waals surface area contributed by atoms with Crippen LogP contribution < -0.4 is 0 Å². The molecule has 4 aliphatic rings. The van der Waals surface area contributed by atoms with Gasteiger partial charge < -0.3 is 4.74 Å². The highest BCUT2D eigenvalue weighted by molar-refractivity contribution is 5.86. The molecule has 0 radical (unpaired) electrons. The summed E-state index contributed by atoms with van der Waals surface area (Å²) in [5, 5.41) is 0. The molecule has 0 saturated heterocycles. The van der Waals surface area contributed by atoms with Gasteiger partial charge >= 0.3 is 17.8 Å². The van der Waals surface area contributed by atoms with Crippen LogP contribution in [0.3, 0.4) is 0 Å². The number of carbonyl (C=O) groups is 3. The van der Waals surface area contributed by atoms with Crippen molar-refractivity contribution in [3.8, 4) is 0 Å². The minimum absolute atomic E-state index is 0.00258. The van der Waals surface area contributed by atoms with Crippen LogP contribution in [0.15, 0.2) is 0 Å². The van der Waals surface area contributed by atoms with Gasteiger partial charge in [0, 0.05) is 38.5 Å². The van der Waals surface area contributed by atoms with E-state index in [0.29, 0.717) is 55.0 Å². The van der Waals surface area contributed by atoms with Gasteiger partial charge in [0.25, 0.3) is 0 Å². The van der Waals surface area contributed by atoms with Crippen molar-refractivity contribution in [3.05, 3.63) is 0 Å². The van der Waals surface area contributed by atoms with Crippen molar-refractivity contribution in [2.24, 2.45) is 46.3 Å². The van der Waals surface area contributed by atoms with E-state index in [2.05, 4.69) is 20.8 Å². The second kappa shape index (κ2) is 9.93. The lowest BCUT2D eigenvalue weighted by Gasteiger charge is -2.59. The van der Waals surface area contributed by atoms with Gasteiger partial charge in [-0.2, -0.15) is 8.78 Å². The van der Waals surface area contributed by atoms with Gasteiger partial charge in [-0.1, -0.05) is 20.8 Å². The third-order valence-electron chi connectivity index (χ3n) is 11.2. The number of rotatable bonds is 8. The van der Waals surface area contributed by atoms with Gasteiger partial charge in [0.15, 0.2) is 0 Å². The highest BCUT2D eigenvalue weighted by Gasteiger charge is 2.63. The van der Waals surface area contributed by atoms with Crippen molar-refractivity contribution in [3.63, 3.8) is 0 Å². The molecule has 210 valence electrons. The molecule has 4 aliphatic carbocycles. The Morgan fingerprint density at radius 2 is 1.70 bits per heavy atom. The Labute approximate surface area is 217 Å². The number of halogens is 4. The molecule has 0 N–H and O–H groups in total. The van der Waals surface area contributed by atoms with Crippen LogP contribution in [0.25, 0.3) is 0 Å². The molecule has 0 aromatic heterocycles. The summed E-state index contributed by atoms with van der Waals surface area (Å²) in [6.45, 7) is 6.16. The zero-order chi connectivity index (χ0) is 27.4. The minimum Gasteiger partial charge on any atom is -0.465 e. The summed E-state index contributed by atoms with van der Waals surface area (Å²) in [5.41, 5.74) is 0.0580. The van der Waals surface area contributed by atoms with Gasteiger partial charge in [-0.3, -0.25) is 14.4 Å². The number of ketones is 2. The van der Waals surface area contributed by atoms with Gasteiger partial charge in [0.1, 0.15) is 11.6 Å². The summed E-state index contributed by atoms with van der Waals surface area (Å²) in [5.74, 6) is -6.97. The Morgan fingerprint density at radius 3 is 2.38 bits per heavy atom. The molecular weight excluding hydrogens is 488 g/mol. The maximum Gasteiger partial charge on any atom is 0.313 e. The molecule has 0 bridgehead atoms. The monoisotopic (exact) mass is 530 g/mol. The van der Waals surface area contributed by atoms with Crippen molar-refractivity contribution in [2.45, 2.75) is 110 Å². The SMILES string of the molecule is C[C@H](CCC(=O)OCCC(F)(F)C(C)(F)F)[C@H]1CC[C@H]2[C@@H]3C(=O)CC4CC(=O)CC[C@]4(C)[C@H]3CC[C@]12C. The van der Waals surface area contributed by atoms with Crippen molar-refractivity contribution >= 4 is 17.5 Å². The Bertz CT molecular complexity index is 914. The highest BCUT2D eigenvalue weighted by Crippen LogP contribution is 2.67. The molecule has 37 heavy (non-hydrogen) atoms. The molecule has 4 rings (SSSR count). The van der Waals surface area contributed by atoms with Crippen LogP contribution in [-0.2, 0) is 19.1 Å². The van der Waals surface area contributed by atoms with E-state index in [1.54, 1.807) is 0 Å². The molecule has 0 aromatic rings. The quantitative estimate of drug-likeness (QED) is 0.250. The number of Topliss-reactive ketones (excluding diaryl/α,β-unsaturated/α-hetero) is 2. The standard InChI is InChI=1S/C29H42F4O4/c1-17(5-8-24(36)37-14-13-29(32,33)28(4,30)31)20-6-7-21-25-22(10-12-27(20,21)3)26(2)11-9-19(34)15-18(26)16-23(25)35/h17-18,20-22,25H,5-16H2,1-4H3/t17-,18?,20-,21+,22+,25+,26+,27-/m1/s1. The van der Waals surface area contributed by atoms with E-state index in [0.717, 1.165) is 32.1 Å². The molecule has 0 aromatic carbocycles. The van der Waals surface area contributed by atoms with Crippen LogP contribution in [0, 0.1) is 46.3 Å². The zero-order valence-corrected chi connectivity index (χ0v) is 22.6. The van der Waals surface area contributed by atoms with Crippen molar-refractivity contribution in [1.29, 1.82) is 0 Å². The molecule has 1 unspecified atom stereocenters. The summed E-state index contributed by atoms with van der Waals surface area (Å²) in [7, 11) is 0. The number of hydrogen-bond acceptors (Lipinski definition) is 4. The molecular formula is C29H42F4O4. The maximum absolute atomic E-state index is 13.5. The summed E-state index contributed by atoms with van der Waals surface area (Å²) < 4.78 is 57.5. The normalized spacial score (nSPS) is 39.0. The van der Waals surface area contributed by atoms with Gasteiger partial charge in [-0.05, 0) is 78.9 Å². The molecule has 0 aliphatic heterocycles. The van der Waals surface area contributed by atoms with Crippen LogP contribution in [0.2, 0.25) is 0 Å². The van der Waals surface area contributed by atoms with Crippen molar-refractivity contribution in [1.82, 2.24) is 0 Å². The van der Waals surface area contributed by atoms with E-state index in [-0.39, 0.29) is 41.9 Å². The summed E-state index contributed by atoms with van der Waals surface area (Å²) in [4.78, 5) is 37.8. The Kier molecular flexibility index (Phi) is 7.66. The van der Waals surface area contributed by atoms with E-state index in [4.69, 9.17) is 4.74 Å². The molecule has 8 heteroatoms. The van der Waals surface area contributed by atoms with Gasteiger partial charge in [-0.15, -0.1) is 0 Å². The van der Waals surface area contributed by atoms with E-state index in [1.807, 2.05) is 0 Å². The third-order valence-corrected chi connectivity index (χ3v) is 11.2. The molecule has 0 amide bonds. The number of fused-ring (bicyclic) bond motifs is 5. The van der Waals surface area contributed by atoms with E-state index >= 15 is 0 Å². The molecule has 0 spiro atoms. The van der Waals surface area contributed by atoms with Crippen LogP contribution in [-0.4, -0.2) is 36.0 Å². The van der Waals surface area contributed by atoms with Crippen molar-refractivity contribution in [2.75, 3.05) is 6.61 Å². The average Bonchev–Trinajstić information content (AvgIpc) is 3.15. The fourth-order valence-electron chi connectivity index (χ4n) is 8.83. The van der Waals surface area contributed by atoms with Crippen molar-refractivity contribution < 1.29 is 36.7 Å². The first-order chi connectivity index (χ1) is 17.1. The number of hydrogen-bond donors (Lipinski definition) is 0. The number of alkyl halides is 4. The number of esters is 1. The van der Waals surface area contributed by atoms with Gasteiger partial charge in [0.05, 0.1) is 13.0 Å². The zero-order valence-electron chi connectivity index (χ0n) is 22.6. The second-order valence-electron chi connectivity index (χ2n) is 13.2. The lowest BCUT2D eigenvalue weighted by Crippen LogP contribution is -2.57. The summed E-state index contributed by atoms with van der Waals surface area (Å²) in [6, 6.07) is 0. The largest absolute Gasteiger partial charge is 0.465 e. The lowest BCUT2D eigenvalue weighted by molar-refractivity contribution is -0.206. The summed E-state index contributed by atoms with van der Waals surface area (Å²) >= 11 is 0. The van der Waals surface area contributed by atoms with Gasteiger partial charge in [-0.25, -0.2) is 8.78 Å². The predicted octanol–water partition coefficient (Wildman–Crippen LogP) is 7.03. The first kappa shape index (κ1) is 28.5. The number of ether oxygens (including phenoxy) is 1. The van der Waals surface area contributed by atoms with Crippen LogP contribution >= 0.6 is 0 Å². The van der Waals surface area contributed by atoms with E-state index in [9.17, 15) is 31.9 Å². The van der Waals surface area contributed by atoms with Crippen LogP contribution in [0.5, 0.6) is 0 Å². The summed E-state index contributed by atoms with van der Waals surface area (Å²) in [6.07, 6.45) is 5.97. The molecule has 4 fully saturated rings. The smallest absolute Gasteiger partial charge is 0.313 e. The Morgan fingerprint density at radius 1 is 1.03 bits per heavy atom. The fourth-order valence-corrected chi connectivity index (χ4v) is 8.83. The van der Waals surface area contributed by atoms with Gasteiger partial charge in [0.2, 0.25) is 0 Å². The molecule has 4 saturated carbocycles. The minimum atomic E-state index is -4.21. The fraction of sp³-hybridized carbons (Fsp3) is 0.897. The Balaban J connectivity index is 1.34. The predicted molar refractivity (Wildman–Crippen MR) is 130 cm³/mol. The average molecular weight is 531 g/mol. The maximum atomic E-state index is 13.5. The molecule has 4 nitrogen and oxygen atoms in total. The highest BCUT2D eigenvalue weighted by atomic mass is 19.3. The Hall–Kier alpha value is -1.47. The second-order valence-corrected chi connectivity index (χ2v) is 13.2. The lowest BCUT2D eigenvalue weighted by atomic mass is 9.44. The number of carbonyl (C=O) groups excluding carboxylic acids is 3.